The number of hydrogen-bond donors (Lipinski definition) is 2. The average Bonchev–Trinajstić information content (AvgIpc) is 2.47. The summed E-state index contributed by atoms with van der Waals surface area (Å²) >= 11 is 0. The maximum Gasteiger partial charge on any atom is 0.220 e. The number of benzene rings is 1. The quantitative estimate of drug-likeness (QED) is 0.836. The molecule has 1 fully saturated rings. The van der Waals surface area contributed by atoms with E-state index in [2.05, 4.69) is 30.5 Å². The molecule has 0 aromatic heterocycles. The summed E-state index contributed by atoms with van der Waals surface area (Å²) in [6.07, 6.45) is 2.65. The summed E-state index contributed by atoms with van der Waals surface area (Å²) in [6, 6.07) is 8.46. The van der Waals surface area contributed by atoms with E-state index in [1.165, 1.54) is 0 Å². The van der Waals surface area contributed by atoms with Crippen molar-refractivity contribution in [3.05, 3.63) is 29.8 Å². The van der Waals surface area contributed by atoms with Crippen LogP contribution in [0.1, 0.15) is 31.7 Å². The van der Waals surface area contributed by atoms with Gasteiger partial charge in [0.05, 0.1) is 0 Å². The molecule has 0 spiro atoms. The zero-order valence-electron chi connectivity index (χ0n) is 12.3. The minimum Gasteiger partial charge on any atom is -0.489 e. The van der Waals surface area contributed by atoms with Gasteiger partial charge in [-0.25, -0.2) is 0 Å². The second-order valence-electron chi connectivity index (χ2n) is 5.36. The number of hydrogen-bond acceptors (Lipinski definition) is 3. The molecular formula is C16H24N2O2. The van der Waals surface area contributed by atoms with E-state index >= 15 is 0 Å². The number of aryl methyl sites for hydroxylation is 1. The van der Waals surface area contributed by atoms with Crippen LogP contribution in [0.4, 0.5) is 0 Å². The maximum absolute atomic E-state index is 11.1. The Labute approximate surface area is 120 Å². The molecule has 1 heterocycles. The summed E-state index contributed by atoms with van der Waals surface area (Å²) in [5.74, 6) is 1.12. The van der Waals surface area contributed by atoms with Crippen LogP contribution in [0.2, 0.25) is 0 Å². The number of ether oxygens (including phenoxy) is 1. The second kappa shape index (κ2) is 7.29. The number of carbonyl (C=O) groups excluding carboxylic acids is 1. The van der Waals surface area contributed by atoms with E-state index in [0.29, 0.717) is 12.5 Å². The van der Waals surface area contributed by atoms with Gasteiger partial charge >= 0.3 is 0 Å². The van der Waals surface area contributed by atoms with E-state index in [9.17, 15) is 4.79 Å². The van der Waals surface area contributed by atoms with E-state index in [1.54, 1.807) is 0 Å². The first-order valence-corrected chi connectivity index (χ1v) is 7.41. The van der Waals surface area contributed by atoms with Gasteiger partial charge in [0.25, 0.3) is 0 Å². The second-order valence-corrected chi connectivity index (χ2v) is 5.36. The van der Waals surface area contributed by atoms with Crippen LogP contribution >= 0.6 is 0 Å². The molecule has 1 aromatic rings. The summed E-state index contributed by atoms with van der Waals surface area (Å²) < 4.78 is 6.06. The molecule has 1 aromatic carbocycles. The van der Waals surface area contributed by atoms with Crippen LogP contribution in [0.5, 0.6) is 5.75 Å². The van der Waals surface area contributed by atoms with Crippen LogP contribution in [-0.2, 0) is 4.79 Å². The third-order valence-corrected chi connectivity index (χ3v) is 3.74. The van der Waals surface area contributed by atoms with Crippen molar-refractivity contribution in [1.29, 1.82) is 0 Å². The van der Waals surface area contributed by atoms with Crippen molar-refractivity contribution in [2.24, 2.45) is 0 Å². The molecule has 110 valence electrons. The van der Waals surface area contributed by atoms with Gasteiger partial charge in [-0.05, 0) is 31.4 Å². The molecule has 20 heavy (non-hydrogen) atoms. The maximum atomic E-state index is 11.1. The first-order chi connectivity index (χ1) is 9.69. The monoisotopic (exact) mass is 276 g/mol. The Morgan fingerprint density at radius 3 is 2.90 bits per heavy atom. The molecule has 2 rings (SSSR count). The lowest BCUT2D eigenvalue weighted by Crippen LogP contribution is -2.48. The SMILES string of the molecule is CCC(CNC1CCC(=O)NC1)Oc1ccccc1C. The fraction of sp³-hybridized carbons (Fsp3) is 0.562. The first kappa shape index (κ1) is 14.9. The molecule has 1 aliphatic rings. The molecule has 2 N–H and O–H groups in total. The van der Waals surface area contributed by atoms with E-state index < -0.39 is 0 Å². The van der Waals surface area contributed by atoms with Gasteiger partial charge in [0, 0.05) is 25.6 Å². The van der Waals surface area contributed by atoms with Crippen molar-refractivity contribution in [3.63, 3.8) is 0 Å². The molecule has 0 saturated carbocycles. The number of para-hydroxylation sites is 1. The lowest BCUT2D eigenvalue weighted by molar-refractivity contribution is -0.122. The van der Waals surface area contributed by atoms with Gasteiger partial charge in [0.1, 0.15) is 11.9 Å². The Morgan fingerprint density at radius 1 is 1.45 bits per heavy atom. The van der Waals surface area contributed by atoms with E-state index in [-0.39, 0.29) is 12.0 Å². The topological polar surface area (TPSA) is 50.4 Å². The average molecular weight is 276 g/mol. The third kappa shape index (κ3) is 4.23. The summed E-state index contributed by atoms with van der Waals surface area (Å²) in [5.41, 5.74) is 1.16. The van der Waals surface area contributed by atoms with Crippen molar-refractivity contribution in [2.75, 3.05) is 13.1 Å². The summed E-state index contributed by atoms with van der Waals surface area (Å²) in [4.78, 5) is 11.1. The minimum atomic E-state index is 0.159. The normalized spacial score (nSPS) is 20.3. The highest BCUT2D eigenvalue weighted by Crippen LogP contribution is 2.18. The summed E-state index contributed by atoms with van der Waals surface area (Å²) in [6.45, 7) is 5.73. The van der Waals surface area contributed by atoms with Gasteiger partial charge in [-0.3, -0.25) is 4.79 Å². The predicted octanol–water partition coefficient (Wildman–Crippen LogP) is 2.02. The van der Waals surface area contributed by atoms with Crippen LogP contribution in [0.25, 0.3) is 0 Å². The highest BCUT2D eigenvalue weighted by molar-refractivity contribution is 5.76. The zero-order chi connectivity index (χ0) is 14.4. The molecule has 2 atom stereocenters. The van der Waals surface area contributed by atoms with Gasteiger partial charge in [-0.2, -0.15) is 0 Å². The summed E-state index contributed by atoms with van der Waals surface area (Å²) in [7, 11) is 0. The molecule has 2 unspecified atom stereocenters. The molecule has 0 radical (unpaired) electrons. The molecule has 1 aliphatic heterocycles. The van der Waals surface area contributed by atoms with Crippen LogP contribution in [0, 0.1) is 6.92 Å². The van der Waals surface area contributed by atoms with Crippen molar-refractivity contribution in [3.8, 4) is 5.75 Å². The van der Waals surface area contributed by atoms with E-state index in [1.807, 2.05) is 18.2 Å². The van der Waals surface area contributed by atoms with Gasteiger partial charge in [0.15, 0.2) is 0 Å². The Morgan fingerprint density at radius 2 is 2.25 bits per heavy atom. The van der Waals surface area contributed by atoms with Gasteiger partial charge in [-0.15, -0.1) is 0 Å². The molecule has 4 nitrogen and oxygen atoms in total. The molecule has 0 bridgehead atoms. The van der Waals surface area contributed by atoms with Crippen LogP contribution < -0.4 is 15.4 Å². The van der Waals surface area contributed by atoms with Crippen LogP contribution in [0.3, 0.4) is 0 Å². The Balaban J connectivity index is 1.80. The first-order valence-electron chi connectivity index (χ1n) is 7.41. The fourth-order valence-electron chi connectivity index (χ4n) is 2.34. The number of carbonyl (C=O) groups is 1. The predicted molar refractivity (Wildman–Crippen MR) is 79.9 cm³/mol. The highest BCUT2D eigenvalue weighted by atomic mass is 16.5. The summed E-state index contributed by atoms with van der Waals surface area (Å²) in [5, 5.41) is 6.38. The van der Waals surface area contributed by atoms with Crippen LogP contribution in [-0.4, -0.2) is 31.1 Å². The van der Waals surface area contributed by atoms with Crippen molar-refractivity contribution in [1.82, 2.24) is 10.6 Å². The van der Waals surface area contributed by atoms with Crippen LogP contribution in [0.15, 0.2) is 24.3 Å². The minimum absolute atomic E-state index is 0.159. The van der Waals surface area contributed by atoms with E-state index in [4.69, 9.17) is 4.74 Å². The Hall–Kier alpha value is -1.55. The highest BCUT2D eigenvalue weighted by Gasteiger charge is 2.19. The van der Waals surface area contributed by atoms with Crippen molar-refractivity contribution >= 4 is 5.91 Å². The van der Waals surface area contributed by atoms with Gasteiger partial charge in [-0.1, -0.05) is 25.1 Å². The Kier molecular flexibility index (Phi) is 5.41. The number of piperidine rings is 1. The van der Waals surface area contributed by atoms with Gasteiger partial charge in [0.2, 0.25) is 5.91 Å². The van der Waals surface area contributed by atoms with Crippen molar-refractivity contribution < 1.29 is 9.53 Å². The van der Waals surface area contributed by atoms with Gasteiger partial charge < -0.3 is 15.4 Å². The smallest absolute Gasteiger partial charge is 0.220 e. The third-order valence-electron chi connectivity index (χ3n) is 3.74. The lowest BCUT2D eigenvalue weighted by Gasteiger charge is -2.26. The van der Waals surface area contributed by atoms with Crippen molar-refractivity contribution in [2.45, 2.75) is 45.3 Å². The Bertz CT molecular complexity index is 438. The fourth-order valence-corrected chi connectivity index (χ4v) is 2.34. The number of amides is 1. The lowest BCUT2D eigenvalue weighted by atomic mass is 10.1. The zero-order valence-corrected chi connectivity index (χ0v) is 12.3. The number of nitrogens with one attached hydrogen (secondary N) is 2. The molecule has 1 saturated heterocycles. The molecule has 0 aliphatic carbocycles. The number of rotatable bonds is 6. The largest absolute Gasteiger partial charge is 0.489 e. The molecular weight excluding hydrogens is 252 g/mol. The molecule has 4 heteroatoms. The molecule has 1 amide bonds. The standard InChI is InChI=1S/C16H24N2O2/c1-3-14(20-15-7-5-4-6-12(15)2)11-17-13-8-9-16(19)18-10-13/h4-7,13-14,17H,3,8-11H2,1-2H3,(H,18,19). The van der Waals surface area contributed by atoms with E-state index in [0.717, 1.165) is 37.2 Å².